The van der Waals surface area contributed by atoms with Gasteiger partial charge in [-0.2, -0.15) is 0 Å². The number of carbonyl (C=O) groups is 2. The number of carbonyl (C=O) groups excluding carboxylic acids is 2. The summed E-state index contributed by atoms with van der Waals surface area (Å²) in [6.07, 6.45) is 4.44. The van der Waals surface area contributed by atoms with Gasteiger partial charge in [0.25, 0.3) is 5.91 Å². The maximum absolute atomic E-state index is 12.7. The summed E-state index contributed by atoms with van der Waals surface area (Å²) in [5.74, 6) is -0.212. The Morgan fingerprint density at radius 3 is 2.52 bits per heavy atom. The van der Waals surface area contributed by atoms with Gasteiger partial charge in [0.1, 0.15) is 0 Å². The summed E-state index contributed by atoms with van der Waals surface area (Å²) in [5.41, 5.74) is 2.26. The topological polar surface area (TPSA) is 61.4 Å². The highest BCUT2D eigenvalue weighted by atomic mass is 16.2. The lowest BCUT2D eigenvalue weighted by Crippen LogP contribution is -2.35. The van der Waals surface area contributed by atoms with E-state index in [2.05, 4.69) is 15.5 Å². The molecule has 5 heteroatoms. The third kappa shape index (κ3) is 4.71. The summed E-state index contributed by atoms with van der Waals surface area (Å²) in [6, 6.07) is 5.72. The first-order valence-corrected chi connectivity index (χ1v) is 8.48. The van der Waals surface area contributed by atoms with Crippen molar-refractivity contribution >= 4 is 23.2 Å². The molecule has 1 aromatic carbocycles. The van der Waals surface area contributed by atoms with E-state index >= 15 is 0 Å². The zero-order chi connectivity index (χ0) is 16.8. The SMILES string of the molecule is CCC(C)NC(=O)c1cc(NC(C)=O)ccc1N1CCCCC1. The van der Waals surface area contributed by atoms with Gasteiger partial charge in [-0.15, -0.1) is 0 Å². The number of benzene rings is 1. The molecule has 1 aromatic rings. The number of anilines is 2. The summed E-state index contributed by atoms with van der Waals surface area (Å²) in [4.78, 5) is 26.2. The largest absolute Gasteiger partial charge is 0.371 e. The lowest BCUT2D eigenvalue weighted by Gasteiger charge is -2.30. The van der Waals surface area contributed by atoms with Gasteiger partial charge in [-0.25, -0.2) is 0 Å². The number of nitrogens with zero attached hydrogens (tertiary/aromatic N) is 1. The summed E-state index contributed by atoms with van der Waals surface area (Å²) >= 11 is 0. The fourth-order valence-electron chi connectivity index (χ4n) is 2.81. The Morgan fingerprint density at radius 2 is 1.91 bits per heavy atom. The van der Waals surface area contributed by atoms with Crippen LogP contribution in [0.1, 0.15) is 56.8 Å². The van der Waals surface area contributed by atoms with Crippen molar-refractivity contribution < 1.29 is 9.59 Å². The first-order chi connectivity index (χ1) is 11.0. The van der Waals surface area contributed by atoms with Crippen LogP contribution < -0.4 is 15.5 Å². The van der Waals surface area contributed by atoms with E-state index in [4.69, 9.17) is 0 Å². The van der Waals surface area contributed by atoms with E-state index in [0.29, 0.717) is 11.3 Å². The number of amides is 2. The fraction of sp³-hybridized carbons (Fsp3) is 0.556. The number of rotatable bonds is 5. The van der Waals surface area contributed by atoms with Crippen molar-refractivity contribution in [1.82, 2.24) is 5.32 Å². The zero-order valence-electron chi connectivity index (χ0n) is 14.3. The van der Waals surface area contributed by atoms with Crippen LogP contribution in [0.3, 0.4) is 0 Å². The van der Waals surface area contributed by atoms with Crippen LogP contribution in [0.5, 0.6) is 0 Å². The fourth-order valence-corrected chi connectivity index (χ4v) is 2.81. The van der Waals surface area contributed by atoms with Gasteiger partial charge in [-0.3, -0.25) is 9.59 Å². The molecule has 1 aliphatic rings. The van der Waals surface area contributed by atoms with E-state index in [-0.39, 0.29) is 17.9 Å². The number of hydrogen-bond acceptors (Lipinski definition) is 3. The first-order valence-electron chi connectivity index (χ1n) is 8.48. The molecule has 1 fully saturated rings. The molecule has 1 atom stereocenters. The van der Waals surface area contributed by atoms with Crippen LogP contribution >= 0.6 is 0 Å². The van der Waals surface area contributed by atoms with Gasteiger partial charge in [-0.1, -0.05) is 6.92 Å². The normalized spacial score (nSPS) is 15.9. The molecule has 0 saturated carbocycles. The number of piperidine rings is 1. The summed E-state index contributed by atoms with van der Waals surface area (Å²) < 4.78 is 0. The maximum atomic E-state index is 12.7. The summed E-state index contributed by atoms with van der Waals surface area (Å²) in [6.45, 7) is 7.46. The van der Waals surface area contributed by atoms with Crippen LogP contribution in [0.15, 0.2) is 18.2 Å². The minimum Gasteiger partial charge on any atom is -0.371 e. The van der Waals surface area contributed by atoms with Crippen LogP contribution in [-0.2, 0) is 4.79 Å². The lowest BCUT2D eigenvalue weighted by atomic mass is 10.1. The lowest BCUT2D eigenvalue weighted by molar-refractivity contribution is -0.114. The molecule has 0 aromatic heterocycles. The van der Waals surface area contributed by atoms with Crippen molar-refractivity contribution in [3.8, 4) is 0 Å². The Kier molecular flexibility index (Phi) is 6.02. The van der Waals surface area contributed by atoms with Gasteiger partial charge >= 0.3 is 0 Å². The molecule has 0 bridgehead atoms. The third-order valence-electron chi connectivity index (χ3n) is 4.25. The Labute approximate surface area is 138 Å². The molecule has 5 nitrogen and oxygen atoms in total. The summed E-state index contributed by atoms with van der Waals surface area (Å²) in [7, 11) is 0. The number of hydrogen-bond donors (Lipinski definition) is 2. The quantitative estimate of drug-likeness (QED) is 0.877. The Balaban J connectivity index is 2.31. The molecule has 126 valence electrons. The molecule has 0 spiro atoms. The molecule has 1 aliphatic heterocycles. The van der Waals surface area contributed by atoms with E-state index < -0.39 is 0 Å². The molecular formula is C18H27N3O2. The van der Waals surface area contributed by atoms with Crippen LogP contribution in [-0.4, -0.2) is 30.9 Å². The van der Waals surface area contributed by atoms with E-state index in [1.807, 2.05) is 26.0 Å². The zero-order valence-corrected chi connectivity index (χ0v) is 14.3. The second-order valence-electron chi connectivity index (χ2n) is 6.24. The average Bonchev–Trinajstić information content (AvgIpc) is 2.54. The molecular weight excluding hydrogens is 290 g/mol. The molecule has 1 unspecified atom stereocenters. The van der Waals surface area contributed by atoms with Gasteiger partial charge in [0.05, 0.1) is 5.56 Å². The minimum absolute atomic E-state index is 0.0767. The van der Waals surface area contributed by atoms with Crippen LogP contribution in [0.25, 0.3) is 0 Å². The van der Waals surface area contributed by atoms with E-state index in [1.165, 1.54) is 13.3 Å². The predicted molar refractivity (Wildman–Crippen MR) is 94.0 cm³/mol. The maximum Gasteiger partial charge on any atom is 0.253 e. The third-order valence-corrected chi connectivity index (χ3v) is 4.25. The molecule has 0 radical (unpaired) electrons. The monoisotopic (exact) mass is 317 g/mol. The van der Waals surface area contributed by atoms with E-state index in [1.54, 1.807) is 6.07 Å². The van der Waals surface area contributed by atoms with Gasteiger partial charge in [0.2, 0.25) is 5.91 Å². The van der Waals surface area contributed by atoms with E-state index in [9.17, 15) is 9.59 Å². The Bertz CT molecular complexity index is 565. The Morgan fingerprint density at radius 1 is 1.22 bits per heavy atom. The first kappa shape index (κ1) is 17.3. The molecule has 1 saturated heterocycles. The van der Waals surface area contributed by atoms with Crippen LogP contribution in [0.4, 0.5) is 11.4 Å². The van der Waals surface area contributed by atoms with Crippen LogP contribution in [0.2, 0.25) is 0 Å². The predicted octanol–water partition coefficient (Wildman–Crippen LogP) is 3.16. The highest BCUT2D eigenvalue weighted by molar-refractivity contribution is 6.02. The minimum atomic E-state index is -0.135. The second-order valence-corrected chi connectivity index (χ2v) is 6.24. The molecule has 1 heterocycles. The van der Waals surface area contributed by atoms with Gasteiger partial charge in [-0.05, 0) is 50.8 Å². The van der Waals surface area contributed by atoms with Gasteiger partial charge < -0.3 is 15.5 Å². The summed E-state index contributed by atoms with van der Waals surface area (Å²) in [5, 5.41) is 5.79. The van der Waals surface area contributed by atoms with Crippen molar-refractivity contribution in [1.29, 1.82) is 0 Å². The molecule has 23 heavy (non-hydrogen) atoms. The van der Waals surface area contributed by atoms with Gasteiger partial charge in [0.15, 0.2) is 0 Å². The average molecular weight is 317 g/mol. The second kappa shape index (κ2) is 7.99. The smallest absolute Gasteiger partial charge is 0.253 e. The van der Waals surface area contributed by atoms with Crippen molar-refractivity contribution in [3.05, 3.63) is 23.8 Å². The van der Waals surface area contributed by atoms with Gasteiger partial charge in [0, 0.05) is 37.4 Å². The molecule has 2 amide bonds. The van der Waals surface area contributed by atoms with Crippen molar-refractivity contribution in [2.75, 3.05) is 23.3 Å². The van der Waals surface area contributed by atoms with Crippen LogP contribution in [0, 0.1) is 0 Å². The van der Waals surface area contributed by atoms with Crippen molar-refractivity contribution in [2.45, 2.75) is 52.5 Å². The Hall–Kier alpha value is -2.04. The molecule has 2 N–H and O–H groups in total. The van der Waals surface area contributed by atoms with Crippen molar-refractivity contribution in [3.63, 3.8) is 0 Å². The highest BCUT2D eigenvalue weighted by Gasteiger charge is 2.20. The molecule has 2 rings (SSSR count). The van der Waals surface area contributed by atoms with Crippen molar-refractivity contribution in [2.24, 2.45) is 0 Å². The number of nitrogens with one attached hydrogen (secondary N) is 2. The van der Waals surface area contributed by atoms with E-state index in [0.717, 1.165) is 38.0 Å². The molecule has 0 aliphatic carbocycles. The standard InChI is InChI=1S/C18H27N3O2/c1-4-13(2)19-18(23)16-12-15(20-14(3)22)8-9-17(16)21-10-6-5-7-11-21/h8-9,12-13H,4-7,10-11H2,1-3H3,(H,19,23)(H,20,22). The highest BCUT2D eigenvalue weighted by Crippen LogP contribution is 2.27.